The lowest BCUT2D eigenvalue weighted by Crippen LogP contribution is -2.27. The van der Waals surface area contributed by atoms with E-state index < -0.39 is 0 Å². The summed E-state index contributed by atoms with van der Waals surface area (Å²) in [7, 11) is 0. The first kappa shape index (κ1) is 10.5. The highest BCUT2D eigenvalue weighted by Gasteiger charge is 2.09. The Balaban J connectivity index is 0. The molecule has 1 nitrogen and oxygen atoms in total. The summed E-state index contributed by atoms with van der Waals surface area (Å²) in [4.78, 5) is 0. The Morgan fingerprint density at radius 2 is 1.43 bits per heavy atom. The molecule has 0 atom stereocenters. The minimum Gasteiger partial charge on any atom is -0.328 e. The fourth-order valence-corrected chi connectivity index (χ4v) is 0.440. The van der Waals surface area contributed by atoms with Crippen molar-refractivity contribution >= 4 is 24.8 Å². The molecule has 1 saturated carbocycles. The predicted molar refractivity (Wildman–Crippen MR) is 36.3 cm³/mol. The quantitative estimate of drug-likeness (QED) is 0.545. The van der Waals surface area contributed by atoms with E-state index in [4.69, 9.17) is 5.73 Å². The van der Waals surface area contributed by atoms with Gasteiger partial charge in [0.2, 0.25) is 0 Å². The van der Waals surface area contributed by atoms with Crippen molar-refractivity contribution in [3.63, 3.8) is 0 Å². The van der Waals surface area contributed by atoms with E-state index in [0.717, 1.165) is 0 Å². The van der Waals surface area contributed by atoms with Gasteiger partial charge in [-0.25, -0.2) is 0 Å². The van der Waals surface area contributed by atoms with Crippen LogP contribution in [0.1, 0.15) is 19.3 Å². The number of nitrogens with two attached hydrogens (primary N) is 1. The first-order valence-electron chi connectivity index (χ1n) is 2.15. The maximum Gasteiger partial charge on any atom is 0.00388 e. The van der Waals surface area contributed by atoms with Crippen LogP contribution in [0.15, 0.2) is 0 Å². The monoisotopic (exact) mass is 143 g/mol. The van der Waals surface area contributed by atoms with Crippen molar-refractivity contribution < 1.29 is 0 Å². The molecule has 0 bridgehead atoms. The number of hydrogen-bond acceptors (Lipinski definition) is 1. The minimum absolute atomic E-state index is 0. The molecular formula is C4H11Cl2N. The maximum absolute atomic E-state index is 5.38. The molecule has 7 heavy (non-hydrogen) atoms. The van der Waals surface area contributed by atoms with Gasteiger partial charge >= 0.3 is 0 Å². The summed E-state index contributed by atoms with van der Waals surface area (Å²) in [5.41, 5.74) is 5.38. The van der Waals surface area contributed by atoms with E-state index in [1.165, 1.54) is 19.3 Å². The van der Waals surface area contributed by atoms with E-state index in [-0.39, 0.29) is 24.8 Å². The van der Waals surface area contributed by atoms with Gasteiger partial charge in [0, 0.05) is 6.04 Å². The molecule has 0 aromatic carbocycles. The number of halogens is 2. The first-order valence-corrected chi connectivity index (χ1v) is 2.15. The van der Waals surface area contributed by atoms with Gasteiger partial charge in [0.15, 0.2) is 0 Å². The van der Waals surface area contributed by atoms with Gasteiger partial charge in [-0.05, 0) is 12.8 Å². The molecule has 0 heterocycles. The van der Waals surface area contributed by atoms with Crippen molar-refractivity contribution in [1.29, 1.82) is 0 Å². The van der Waals surface area contributed by atoms with Gasteiger partial charge < -0.3 is 5.73 Å². The van der Waals surface area contributed by atoms with Crippen LogP contribution in [0.3, 0.4) is 0 Å². The molecule has 3 heteroatoms. The van der Waals surface area contributed by atoms with Crippen molar-refractivity contribution in [2.24, 2.45) is 5.73 Å². The Hall–Kier alpha value is 0.540. The fraction of sp³-hybridized carbons (Fsp3) is 1.00. The Morgan fingerprint density at radius 1 is 1.14 bits per heavy atom. The average molecular weight is 144 g/mol. The summed E-state index contributed by atoms with van der Waals surface area (Å²) in [5.74, 6) is 0. The van der Waals surface area contributed by atoms with Gasteiger partial charge in [0.05, 0.1) is 0 Å². The first-order chi connectivity index (χ1) is 2.39. The summed E-state index contributed by atoms with van der Waals surface area (Å²) < 4.78 is 0. The van der Waals surface area contributed by atoms with Crippen LogP contribution in [0, 0.1) is 0 Å². The van der Waals surface area contributed by atoms with Crippen LogP contribution >= 0.6 is 24.8 Å². The van der Waals surface area contributed by atoms with Crippen LogP contribution < -0.4 is 5.73 Å². The van der Waals surface area contributed by atoms with Crippen LogP contribution in [0.5, 0.6) is 0 Å². The zero-order valence-electron chi connectivity index (χ0n) is 4.09. The summed E-state index contributed by atoms with van der Waals surface area (Å²) in [5, 5.41) is 0. The second kappa shape index (κ2) is 4.69. The summed E-state index contributed by atoms with van der Waals surface area (Å²) >= 11 is 0. The smallest absolute Gasteiger partial charge is 0.00388 e. The zero-order chi connectivity index (χ0) is 3.70. The molecular weight excluding hydrogens is 133 g/mol. The molecule has 1 aliphatic carbocycles. The van der Waals surface area contributed by atoms with Gasteiger partial charge in [0.1, 0.15) is 0 Å². The van der Waals surface area contributed by atoms with Gasteiger partial charge in [-0.15, -0.1) is 24.8 Å². The molecule has 1 aliphatic rings. The molecule has 0 radical (unpaired) electrons. The van der Waals surface area contributed by atoms with E-state index in [1.807, 2.05) is 0 Å². The molecule has 2 N–H and O–H groups in total. The summed E-state index contributed by atoms with van der Waals surface area (Å²) in [6.45, 7) is 0. The molecule has 0 saturated heterocycles. The van der Waals surface area contributed by atoms with Gasteiger partial charge in [-0.3, -0.25) is 0 Å². The van der Waals surface area contributed by atoms with Crippen molar-refractivity contribution in [3.05, 3.63) is 0 Å². The van der Waals surface area contributed by atoms with Crippen molar-refractivity contribution in [3.8, 4) is 0 Å². The average Bonchev–Trinajstić information content (AvgIpc) is 1.30. The SMILES string of the molecule is Cl.Cl.NC1CCC1. The third-order valence-electron chi connectivity index (χ3n) is 1.15. The maximum atomic E-state index is 5.38. The Morgan fingerprint density at radius 3 is 1.43 bits per heavy atom. The molecule has 0 aromatic heterocycles. The molecule has 0 aliphatic heterocycles. The van der Waals surface area contributed by atoms with Crippen LogP contribution in [-0.2, 0) is 0 Å². The largest absolute Gasteiger partial charge is 0.328 e. The highest BCUT2D eigenvalue weighted by molar-refractivity contribution is 5.85. The molecule has 46 valence electrons. The molecule has 0 unspecified atom stereocenters. The third kappa shape index (κ3) is 3.15. The van der Waals surface area contributed by atoms with Crippen molar-refractivity contribution in [1.82, 2.24) is 0 Å². The second-order valence-electron chi connectivity index (χ2n) is 1.69. The Labute approximate surface area is 56.5 Å². The van der Waals surface area contributed by atoms with E-state index >= 15 is 0 Å². The van der Waals surface area contributed by atoms with Gasteiger partial charge in [-0.1, -0.05) is 6.42 Å². The Bertz CT molecular complexity index is 36.7. The normalized spacial score (nSPS) is 18.4. The van der Waals surface area contributed by atoms with Crippen LogP contribution in [0.25, 0.3) is 0 Å². The molecule has 1 rings (SSSR count). The number of hydrogen-bond donors (Lipinski definition) is 1. The van der Waals surface area contributed by atoms with Crippen LogP contribution in [0.2, 0.25) is 0 Å². The van der Waals surface area contributed by atoms with Crippen molar-refractivity contribution in [2.45, 2.75) is 25.3 Å². The summed E-state index contributed by atoms with van der Waals surface area (Å²) in [6, 6.07) is 0.565. The lowest BCUT2D eigenvalue weighted by atomic mass is 9.95. The van der Waals surface area contributed by atoms with E-state index in [9.17, 15) is 0 Å². The fourth-order valence-electron chi connectivity index (χ4n) is 0.440. The topological polar surface area (TPSA) is 26.0 Å². The van der Waals surface area contributed by atoms with Crippen molar-refractivity contribution in [2.75, 3.05) is 0 Å². The molecule has 0 amide bonds. The third-order valence-corrected chi connectivity index (χ3v) is 1.15. The molecule has 1 fully saturated rings. The highest BCUT2D eigenvalue weighted by atomic mass is 35.5. The zero-order valence-corrected chi connectivity index (χ0v) is 5.73. The predicted octanol–water partition coefficient (Wildman–Crippen LogP) is 1.34. The second-order valence-corrected chi connectivity index (χ2v) is 1.69. The number of rotatable bonds is 0. The minimum atomic E-state index is 0. The standard InChI is InChI=1S/C4H9N.2ClH/c5-4-2-1-3-4;;/h4H,1-3,5H2;2*1H. The summed E-state index contributed by atoms with van der Waals surface area (Å²) in [6.07, 6.45) is 3.89. The lowest BCUT2D eigenvalue weighted by Gasteiger charge is -2.18. The van der Waals surface area contributed by atoms with Crippen LogP contribution in [-0.4, -0.2) is 6.04 Å². The van der Waals surface area contributed by atoms with E-state index in [1.54, 1.807) is 0 Å². The van der Waals surface area contributed by atoms with Gasteiger partial charge in [0.25, 0.3) is 0 Å². The molecule has 0 spiro atoms. The lowest BCUT2D eigenvalue weighted by molar-refractivity contribution is 0.418. The Kier molecular flexibility index (Phi) is 7.04. The van der Waals surface area contributed by atoms with Crippen LogP contribution in [0.4, 0.5) is 0 Å². The van der Waals surface area contributed by atoms with Gasteiger partial charge in [-0.2, -0.15) is 0 Å². The van der Waals surface area contributed by atoms with E-state index in [2.05, 4.69) is 0 Å². The molecule has 0 aromatic rings. The highest BCUT2D eigenvalue weighted by Crippen LogP contribution is 2.14. The van der Waals surface area contributed by atoms with E-state index in [0.29, 0.717) is 6.04 Å².